The van der Waals surface area contributed by atoms with Crippen LogP contribution in [0.5, 0.6) is 0 Å². The maximum absolute atomic E-state index is 12.0. The number of carbonyl (C=O) groups excluding carboxylic acids is 1. The smallest absolute Gasteiger partial charge is 0.326 e. The van der Waals surface area contributed by atoms with Crippen LogP contribution in [0.1, 0.15) is 25.3 Å². The van der Waals surface area contributed by atoms with Crippen molar-refractivity contribution in [1.82, 2.24) is 5.32 Å². The van der Waals surface area contributed by atoms with Gasteiger partial charge in [-0.2, -0.15) is 11.8 Å². The Kier molecular flexibility index (Phi) is 5.35. The summed E-state index contributed by atoms with van der Waals surface area (Å²) in [6.45, 7) is 1.92. The minimum absolute atomic E-state index is 0.187. The number of hydrogen-bond donors (Lipinski definition) is 1. The van der Waals surface area contributed by atoms with Gasteiger partial charge in [-0.05, 0) is 37.5 Å². The van der Waals surface area contributed by atoms with E-state index in [-0.39, 0.29) is 5.97 Å². The van der Waals surface area contributed by atoms with Crippen LogP contribution in [0, 0.1) is 0 Å². The molecule has 2 rings (SSSR count). The van der Waals surface area contributed by atoms with Crippen LogP contribution in [-0.2, 0) is 15.3 Å². The molecule has 0 saturated heterocycles. The molecule has 1 saturated carbocycles. The van der Waals surface area contributed by atoms with Gasteiger partial charge in [-0.1, -0.05) is 23.7 Å². The third kappa shape index (κ3) is 4.40. The lowest BCUT2D eigenvalue weighted by Gasteiger charge is -2.27. The van der Waals surface area contributed by atoms with E-state index in [0.717, 1.165) is 23.6 Å². The van der Waals surface area contributed by atoms with Gasteiger partial charge < -0.3 is 4.74 Å². The average Bonchev–Trinajstić information content (AvgIpc) is 3.24. The first-order valence-corrected chi connectivity index (χ1v) is 8.25. The molecule has 1 atom stereocenters. The highest BCUT2D eigenvalue weighted by Crippen LogP contribution is 2.26. The first kappa shape index (κ1) is 15.7. The van der Waals surface area contributed by atoms with Crippen molar-refractivity contribution in [2.75, 3.05) is 12.9 Å². The van der Waals surface area contributed by atoms with Crippen LogP contribution in [-0.4, -0.2) is 30.4 Å². The molecule has 0 radical (unpaired) electrons. The molecule has 0 aliphatic heterocycles. The van der Waals surface area contributed by atoms with Crippen LogP contribution >= 0.6 is 23.4 Å². The highest BCUT2D eigenvalue weighted by Gasteiger charge is 2.39. The van der Waals surface area contributed by atoms with Crippen molar-refractivity contribution in [1.29, 1.82) is 0 Å². The minimum atomic E-state index is -0.604. The SMILES string of the molecule is COC(=O)C(C)(CSCc1ccc(Cl)cc1)NC1CC1. The Bertz CT molecular complexity index is 461. The van der Waals surface area contributed by atoms with Crippen LogP contribution in [0.4, 0.5) is 0 Å². The molecule has 0 heterocycles. The van der Waals surface area contributed by atoms with Crippen LogP contribution in [0.3, 0.4) is 0 Å². The molecule has 1 N–H and O–H groups in total. The fourth-order valence-corrected chi connectivity index (χ4v) is 3.28. The Balaban J connectivity index is 1.87. The van der Waals surface area contributed by atoms with Gasteiger partial charge in [-0.3, -0.25) is 10.1 Å². The summed E-state index contributed by atoms with van der Waals surface area (Å²) in [5, 5.41) is 4.14. The average molecular weight is 314 g/mol. The summed E-state index contributed by atoms with van der Waals surface area (Å²) >= 11 is 7.59. The standard InChI is InChI=1S/C15H20ClNO2S/c1-15(14(18)19-2,17-13-7-8-13)10-20-9-11-3-5-12(16)6-4-11/h3-6,13,17H,7-10H2,1-2H3. The van der Waals surface area contributed by atoms with Crippen LogP contribution in [0.15, 0.2) is 24.3 Å². The van der Waals surface area contributed by atoms with Crippen LogP contribution in [0.2, 0.25) is 5.02 Å². The third-order valence-electron chi connectivity index (χ3n) is 3.31. The lowest BCUT2D eigenvalue weighted by atomic mass is 10.1. The Hall–Kier alpha value is -0.710. The van der Waals surface area contributed by atoms with Crippen molar-refractivity contribution < 1.29 is 9.53 Å². The zero-order valence-corrected chi connectivity index (χ0v) is 13.4. The fraction of sp³-hybridized carbons (Fsp3) is 0.533. The number of thioether (sulfide) groups is 1. The fourth-order valence-electron chi connectivity index (χ4n) is 2.02. The van der Waals surface area contributed by atoms with Crippen molar-refractivity contribution >= 4 is 29.3 Å². The highest BCUT2D eigenvalue weighted by atomic mass is 35.5. The molecule has 5 heteroatoms. The van der Waals surface area contributed by atoms with E-state index in [4.69, 9.17) is 16.3 Å². The summed E-state index contributed by atoms with van der Waals surface area (Å²) in [4.78, 5) is 12.0. The number of esters is 1. The van der Waals surface area contributed by atoms with Crippen molar-refractivity contribution in [2.45, 2.75) is 37.1 Å². The molecule has 1 aliphatic rings. The van der Waals surface area contributed by atoms with Gasteiger partial charge in [0.15, 0.2) is 0 Å². The lowest BCUT2D eigenvalue weighted by Crippen LogP contribution is -2.53. The summed E-state index contributed by atoms with van der Waals surface area (Å²) in [5.74, 6) is 1.36. The summed E-state index contributed by atoms with van der Waals surface area (Å²) in [6.07, 6.45) is 2.29. The third-order valence-corrected chi connectivity index (χ3v) is 4.88. The van der Waals surface area contributed by atoms with Gasteiger partial charge in [0.2, 0.25) is 0 Å². The van der Waals surface area contributed by atoms with E-state index < -0.39 is 5.54 Å². The van der Waals surface area contributed by atoms with E-state index >= 15 is 0 Å². The number of ether oxygens (including phenoxy) is 1. The Morgan fingerprint density at radius 3 is 2.65 bits per heavy atom. The molecule has 1 unspecified atom stereocenters. The molecule has 1 aromatic carbocycles. The first-order valence-electron chi connectivity index (χ1n) is 6.72. The number of halogens is 1. The van der Waals surface area contributed by atoms with E-state index in [1.807, 2.05) is 31.2 Å². The lowest BCUT2D eigenvalue weighted by molar-refractivity contribution is -0.147. The molecule has 0 spiro atoms. The molecule has 0 bridgehead atoms. The number of carbonyl (C=O) groups is 1. The predicted molar refractivity (Wildman–Crippen MR) is 84.2 cm³/mol. The molecule has 0 aromatic heterocycles. The van der Waals surface area contributed by atoms with Gasteiger partial charge in [-0.25, -0.2) is 0 Å². The molecular weight excluding hydrogens is 294 g/mol. The number of methoxy groups -OCH3 is 1. The summed E-state index contributed by atoms with van der Waals surface area (Å²) in [6, 6.07) is 8.27. The van der Waals surface area contributed by atoms with E-state index in [0.29, 0.717) is 11.8 Å². The number of nitrogens with one attached hydrogen (secondary N) is 1. The number of rotatable bonds is 7. The molecule has 20 heavy (non-hydrogen) atoms. The van der Waals surface area contributed by atoms with E-state index in [9.17, 15) is 4.79 Å². The molecule has 1 aromatic rings. The van der Waals surface area contributed by atoms with Crippen molar-refractivity contribution in [3.05, 3.63) is 34.9 Å². The van der Waals surface area contributed by atoms with Crippen LogP contribution < -0.4 is 5.32 Å². The van der Waals surface area contributed by atoms with Crippen molar-refractivity contribution in [3.63, 3.8) is 0 Å². The van der Waals surface area contributed by atoms with Gasteiger partial charge >= 0.3 is 5.97 Å². The molecule has 3 nitrogen and oxygen atoms in total. The predicted octanol–water partition coefficient (Wildman–Crippen LogP) is 3.26. The van der Waals surface area contributed by atoms with Gasteiger partial charge in [-0.15, -0.1) is 0 Å². The van der Waals surface area contributed by atoms with E-state index in [1.54, 1.807) is 11.8 Å². The van der Waals surface area contributed by atoms with Gasteiger partial charge in [0.05, 0.1) is 7.11 Å². The monoisotopic (exact) mass is 313 g/mol. The normalized spacial score (nSPS) is 17.6. The van der Waals surface area contributed by atoms with Gasteiger partial charge in [0.25, 0.3) is 0 Å². The second-order valence-electron chi connectivity index (χ2n) is 5.36. The van der Waals surface area contributed by atoms with Crippen molar-refractivity contribution in [2.24, 2.45) is 0 Å². The zero-order valence-electron chi connectivity index (χ0n) is 11.8. The Morgan fingerprint density at radius 2 is 2.10 bits per heavy atom. The Morgan fingerprint density at radius 1 is 1.45 bits per heavy atom. The van der Waals surface area contributed by atoms with E-state index in [2.05, 4.69) is 5.32 Å². The minimum Gasteiger partial charge on any atom is -0.468 e. The number of hydrogen-bond acceptors (Lipinski definition) is 4. The van der Waals surface area contributed by atoms with Crippen LogP contribution in [0.25, 0.3) is 0 Å². The quantitative estimate of drug-likeness (QED) is 0.784. The summed E-state index contributed by atoms with van der Waals surface area (Å²) < 4.78 is 4.93. The second kappa shape index (κ2) is 6.83. The topological polar surface area (TPSA) is 38.3 Å². The Labute approximate surface area is 129 Å². The maximum Gasteiger partial charge on any atom is 0.326 e. The molecule has 0 amide bonds. The largest absolute Gasteiger partial charge is 0.468 e. The van der Waals surface area contributed by atoms with Crippen molar-refractivity contribution in [3.8, 4) is 0 Å². The molecule has 110 valence electrons. The maximum atomic E-state index is 12.0. The molecule has 1 aliphatic carbocycles. The number of benzene rings is 1. The van der Waals surface area contributed by atoms with Gasteiger partial charge in [0, 0.05) is 22.6 Å². The highest BCUT2D eigenvalue weighted by molar-refractivity contribution is 7.98. The summed E-state index contributed by atoms with van der Waals surface area (Å²) in [7, 11) is 1.44. The van der Waals surface area contributed by atoms with E-state index in [1.165, 1.54) is 12.7 Å². The first-order chi connectivity index (χ1) is 9.53. The molecular formula is C15H20ClNO2S. The zero-order chi connectivity index (χ0) is 14.6. The summed E-state index contributed by atoms with van der Waals surface area (Å²) in [5.41, 5.74) is 0.602. The van der Waals surface area contributed by atoms with Gasteiger partial charge in [0.1, 0.15) is 5.54 Å². The molecule has 1 fully saturated rings. The second-order valence-corrected chi connectivity index (χ2v) is 6.78.